The third-order valence-corrected chi connectivity index (χ3v) is 40.5. The van der Waals surface area contributed by atoms with E-state index >= 15 is 0 Å². The van der Waals surface area contributed by atoms with Crippen molar-refractivity contribution in [2.45, 2.75) is 0 Å². The Morgan fingerprint density at radius 1 is 1.00 bits per heavy atom. The molecule has 0 aliphatic carbocycles. The molecule has 0 fully saturated rings. The topological polar surface area (TPSA) is 0 Å². The smallest absolute Gasteiger partial charge is 0 e. The molecule has 0 aromatic carbocycles. The van der Waals surface area contributed by atoms with E-state index in [1.807, 2.05) is 0 Å². The van der Waals surface area contributed by atoms with Crippen LogP contribution < -0.4 is 0 Å². The molecule has 0 radical (unpaired) electrons. The van der Waals surface area contributed by atoms with Gasteiger partial charge in [-0.25, -0.2) is 0 Å². The molecule has 0 nitrogen and oxygen atoms in total. The summed E-state index contributed by atoms with van der Waals surface area (Å²) in [6.45, 7) is 0. The van der Waals surface area contributed by atoms with Gasteiger partial charge in [0.15, 0.2) is 0 Å². The number of hydrogen-bond donors (Lipinski definition) is 0. The molecule has 5 heteroatoms. The average molecular weight is 214 g/mol. The fourth-order valence-electron chi connectivity index (χ4n) is 0. The van der Waals surface area contributed by atoms with Crippen molar-refractivity contribution in [2.24, 2.45) is 0 Å². The maximum Gasteiger partial charge on any atom is 0 e. The molecule has 0 atom stereocenters. The van der Waals surface area contributed by atoms with Gasteiger partial charge in [0.25, 0.3) is 0 Å². The molecule has 0 amide bonds. The zero-order chi connectivity index (χ0) is 3.41. The van der Waals surface area contributed by atoms with Gasteiger partial charge in [-0.05, 0) is 36.6 Å². The van der Waals surface area contributed by atoms with Crippen molar-refractivity contribution in [1.29, 1.82) is 0 Å². The zero-order valence-electron chi connectivity index (χ0n) is 3.91. The van der Waals surface area contributed by atoms with Crippen molar-refractivity contribution in [3.05, 3.63) is 0 Å². The first kappa shape index (κ1) is 9.89. The fraction of sp³-hybridized carbons (Fsp3) is 0. The van der Waals surface area contributed by atoms with Gasteiger partial charge in [-0.3, -0.25) is 0 Å². The first-order valence-corrected chi connectivity index (χ1v) is 17.2. The van der Waals surface area contributed by atoms with Crippen LogP contribution in [-0.2, 0) is 26.2 Å². The van der Waals surface area contributed by atoms with Crippen molar-refractivity contribution in [1.82, 2.24) is 0 Å². The van der Waals surface area contributed by atoms with Crippen molar-refractivity contribution in [2.75, 3.05) is 0 Å². The van der Waals surface area contributed by atoms with Crippen molar-refractivity contribution in [3.8, 4) is 0 Å². The third kappa shape index (κ3) is 10.7. The Morgan fingerprint density at radius 3 is 1.20 bits per heavy atom. The molecule has 5 heavy (non-hydrogen) atoms. The Morgan fingerprint density at radius 2 is 1.20 bits per heavy atom. The van der Waals surface area contributed by atoms with E-state index in [9.17, 15) is 0 Å². The van der Waals surface area contributed by atoms with Crippen molar-refractivity contribution >= 4 is 36.6 Å². The molecule has 0 aliphatic heterocycles. The number of rotatable bonds is 1. The molecule has 0 unspecified atom stereocenters. The van der Waals surface area contributed by atoms with Gasteiger partial charge in [-0.15, -0.1) is 0 Å². The third-order valence-electron chi connectivity index (χ3n) is 0.500. The van der Waals surface area contributed by atoms with Crippen LogP contribution in [0.3, 0.4) is 0 Å². The minimum Gasteiger partial charge on any atom is -0.0120 e. The molecular weight excluding hydrogens is 204 g/mol. The quantitative estimate of drug-likeness (QED) is 0.388. The van der Waals surface area contributed by atoms with Crippen LogP contribution in [0.5, 0.6) is 0 Å². The summed E-state index contributed by atoms with van der Waals surface area (Å²) in [4.78, 5) is 0. The Hall–Kier alpha value is 1.75. The Kier molecular flexibility index (Phi) is 18.3. The summed E-state index contributed by atoms with van der Waals surface area (Å²) in [5.41, 5.74) is 0. The van der Waals surface area contributed by atoms with Crippen LogP contribution in [0.4, 0.5) is 0 Å². The maximum atomic E-state index is 1.62. The van der Waals surface area contributed by atoms with Gasteiger partial charge in [0.1, 0.15) is 0 Å². The first-order chi connectivity index (χ1) is 1.91. The number of hydrogen-bond acceptors (Lipinski definition) is 0. The van der Waals surface area contributed by atoms with E-state index in [2.05, 4.69) is 0 Å². The van der Waals surface area contributed by atoms with E-state index in [4.69, 9.17) is 0 Å². The van der Waals surface area contributed by atoms with E-state index in [-0.39, 0.29) is 26.2 Å². The van der Waals surface area contributed by atoms with Crippen LogP contribution in [0.25, 0.3) is 0 Å². The molecule has 0 spiro atoms. The predicted molar refractivity (Wildman–Crippen MR) is 37.0 cm³/mol. The molecule has 30 valence electrons. The zero-order valence-corrected chi connectivity index (χ0v) is 13.2. The van der Waals surface area contributed by atoms with Crippen molar-refractivity contribution < 1.29 is 26.2 Å². The van der Waals surface area contributed by atoms with Crippen LogP contribution in [-0.4, -0.2) is 36.6 Å². The summed E-state index contributed by atoms with van der Waals surface area (Å²) in [6.07, 6.45) is 0. The molecule has 0 saturated carbocycles. The Labute approximate surface area is 62.5 Å². The monoisotopic (exact) mass is 212 g/mol. The van der Waals surface area contributed by atoms with Gasteiger partial charge in [-0.1, -0.05) is 0 Å². The van der Waals surface area contributed by atoms with Crippen LogP contribution in [0.2, 0.25) is 0 Å². The normalized spacial score (nSPS) is 12.0. The molecule has 0 rings (SSSR count). The molecule has 0 N–H and O–H groups in total. The van der Waals surface area contributed by atoms with Gasteiger partial charge in [0.05, 0.1) is 0 Å². The van der Waals surface area contributed by atoms with Crippen LogP contribution in [0.1, 0.15) is 0 Å². The summed E-state index contributed by atoms with van der Waals surface area (Å²) < 4.78 is 0. The summed E-state index contributed by atoms with van der Waals surface area (Å²) in [5.74, 6) is 0. The Balaban J connectivity index is 0. The molecule has 0 heterocycles. The summed E-state index contributed by atoms with van der Waals surface area (Å²) in [7, 11) is 4.78. The van der Waals surface area contributed by atoms with Crippen LogP contribution in [0, 0.1) is 0 Å². The van der Waals surface area contributed by atoms with Gasteiger partial charge in [0, 0.05) is 26.2 Å². The van der Waals surface area contributed by atoms with Crippen LogP contribution >= 0.6 is 0 Å². The van der Waals surface area contributed by atoms with Gasteiger partial charge in [-0.2, -0.15) is 0 Å². The largest absolute Gasteiger partial charge is 0.0120 e. The summed E-state index contributed by atoms with van der Waals surface area (Å²) >= 11 is 0. The minimum absolute atomic E-state index is 0. The Bertz CT molecular complexity index is 5.61. The molecule has 0 aromatic heterocycles. The van der Waals surface area contributed by atoms with Crippen LogP contribution in [0.15, 0.2) is 0 Å². The molecule has 0 bridgehead atoms. The average Bonchev–Trinajstić information content (AvgIpc) is 1.37. The van der Waals surface area contributed by atoms with E-state index in [1.165, 1.54) is 0 Å². The molecule has 0 aliphatic rings. The first-order valence-electron chi connectivity index (χ1n) is 1.91. The second-order valence-electron chi connectivity index (χ2n) is 1.000. The standard InChI is InChI=1S/H10Si4.Zr/c1-3-4-2;/h3-4H2,1-2H3;. The fourth-order valence-corrected chi connectivity index (χ4v) is 0. The molecule has 0 saturated heterocycles. The van der Waals surface area contributed by atoms with Gasteiger partial charge in [0.2, 0.25) is 0 Å². The maximum absolute atomic E-state index is 1.62. The summed E-state index contributed by atoms with van der Waals surface area (Å²) in [6, 6.07) is 0. The second-order valence-corrected chi connectivity index (χ2v) is 27.0. The summed E-state index contributed by atoms with van der Waals surface area (Å²) in [5, 5.41) is 0. The van der Waals surface area contributed by atoms with E-state index in [1.54, 1.807) is 19.5 Å². The molecular formula is H10Si4Zr. The van der Waals surface area contributed by atoms with E-state index in [0.29, 0.717) is 0 Å². The molecule has 0 aromatic rings. The van der Waals surface area contributed by atoms with Crippen molar-refractivity contribution in [3.63, 3.8) is 0 Å². The SMILES string of the molecule is [SiH3][SiH2][SiH2][SiH3].[Zr]. The van der Waals surface area contributed by atoms with E-state index < -0.39 is 0 Å². The van der Waals surface area contributed by atoms with E-state index in [0.717, 1.165) is 17.1 Å². The minimum atomic E-state index is 0. The predicted octanol–water partition coefficient (Wildman–Crippen LogP) is -4.20. The second kappa shape index (κ2) is 9.23. The van der Waals surface area contributed by atoms with Gasteiger partial charge < -0.3 is 0 Å². The van der Waals surface area contributed by atoms with Gasteiger partial charge >= 0.3 is 0 Å².